The number of carboxylic acids is 1. The highest BCUT2D eigenvalue weighted by molar-refractivity contribution is 5.94. The van der Waals surface area contributed by atoms with Gasteiger partial charge in [0.25, 0.3) is 0 Å². The number of amides is 3. The fraction of sp³-hybridized carbons (Fsp3) is 0.406. The molecule has 0 fully saturated rings. The SMILES string of the molecule is CCC(C)C(N)C(=O)NC(CCCN=C(N)N)C(=O)NC(Cc1ccccc1)C(=O)NC(Cc1c[nH]c2ccccc12)C(=O)O. The zero-order valence-corrected chi connectivity index (χ0v) is 25.7. The second kappa shape index (κ2) is 16.8. The molecule has 45 heavy (non-hydrogen) atoms. The molecule has 0 aliphatic heterocycles. The number of H-pyrrole nitrogens is 1. The van der Waals surface area contributed by atoms with Gasteiger partial charge in [0.2, 0.25) is 17.7 Å². The van der Waals surface area contributed by atoms with Crippen LogP contribution < -0.4 is 33.2 Å². The van der Waals surface area contributed by atoms with Gasteiger partial charge in [-0.05, 0) is 36.0 Å². The van der Waals surface area contributed by atoms with Crippen molar-refractivity contribution in [1.29, 1.82) is 0 Å². The number of rotatable bonds is 17. The van der Waals surface area contributed by atoms with E-state index in [4.69, 9.17) is 17.2 Å². The summed E-state index contributed by atoms with van der Waals surface area (Å²) in [4.78, 5) is 59.6. The summed E-state index contributed by atoms with van der Waals surface area (Å²) in [5, 5.41) is 18.9. The second-order valence-corrected chi connectivity index (χ2v) is 11.1. The van der Waals surface area contributed by atoms with Crippen LogP contribution in [0.5, 0.6) is 0 Å². The van der Waals surface area contributed by atoms with Gasteiger partial charge in [0.1, 0.15) is 18.1 Å². The normalized spacial score (nSPS) is 14.4. The third kappa shape index (κ3) is 10.3. The van der Waals surface area contributed by atoms with E-state index in [0.29, 0.717) is 12.8 Å². The third-order valence-corrected chi connectivity index (χ3v) is 7.77. The van der Waals surface area contributed by atoms with E-state index in [1.807, 2.05) is 44.2 Å². The van der Waals surface area contributed by atoms with E-state index in [9.17, 15) is 24.3 Å². The molecular weight excluding hydrogens is 576 g/mol. The number of carboxylic acid groups (broad SMARTS) is 1. The van der Waals surface area contributed by atoms with Gasteiger partial charge in [-0.15, -0.1) is 0 Å². The van der Waals surface area contributed by atoms with Crippen LogP contribution in [-0.2, 0) is 32.0 Å². The minimum atomic E-state index is -1.27. The maximum absolute atomic E-state index is 13.7. The first kappa shape index (κ1) is 34.6. The Hall–Kier alpha value is -4.91. The Balaban J connectivity index is 1.82. The summed E-state index contributed by atoms with van der Waals surface area (Å²) in [6.45, 7) is 3.97. The van der Waals surface area contributed by atoms with Crippen LogP contribution in [0.3, 0.4) is 0 Å². The van der Waals surface area contributed by atoms with Crippen molar-refractivity contribution in [3.05, 3.63) is 71.9 Å². The molecular formula is C32H44N8O5. The minimum Gasteiger partial charge on any atom is -0.480 e. The van der Waals surface area contributed by atoms with Gasteiger partial charge in [-0.2, -0.15) is 0 Å². The maximum atomic E-state index is 13.7. The van der Waals surface area contributed by atoms with Crippen LogP contribution in [0.25, 0.3) is 10.9 Å². The molecule has 0 saturated heterocycles. The van der Waals surface area contributed by atoms with Crippen LogP contribution in [0.4, 0.5) is 0 Å². The number of hydrogen-bond donors (Lipinski definition) is 8. The molecule has 11 N–H and O–H groups in total. The fourth-order valence-electron chi connectivity index (χ4n) is 4.88. The highest BCUT2D eigenvalue weighted by Crippen LogP contribution is 2.19. The Morgan fingerprint density at radius 3 is 2.16 bits per heavy atom. The number of nitrogens with two attached hydrogens (primary N) is 3. The van der Waals surface area contributed by atoms with E-state index >= 15 is 0 Å². The van der Waals surface area contributed by atoms with Crippen LogP contribution in [0, 0.1) is 5.92 Å². The number of nitrogens with one attached hydrogen (secondary N) is 4. The molecule has 1 aromatic heterocycles. The van der Waals surface area contributed by atoms with Crippen LogP contribution in [0.2, 0.25) is 0 Å². The molecule has 3 aromatic rings. The molecule has 13 heteroatoms. The lowest BCUT2D eigenvalue weighted by Crippen LogP contribution is -2.58. The van der Waals surface area contributed by atoms with Gasteiger partial charge in [0, 0.05) is 36.5 Å². The van der Waals surface area contributed by atoms with Gasteiger partial charge >= 0.3 is 5.97 Å². The molecule has 0 spiro atoms. The highest BCUT2D eigenvalue weighted by atomic mass is 16.4. The standard InChI is InChI=1S/C32H44N8O5/c1-3-19(2)27(33)30(43)38-24(14-9-15-36-32(34)35)28(41)39-25(16-20-10-5-4-6-11-20)29(42)40-26(31(44)45)17-21-18-37-23-13-8-7-12-22(21)23/h4-8,10-13,18-19,24-27,37H,3,9,14-17,33H2,1-2H3,(H,38,43)(H,39,41)(H,40,42)(H,44,45)(H4,34,35,36). The first-order valence-corrected chi connectivity index (χ1v) is 15.0. The summed E-state index contributed by atoms with van der Waals surface area (Å²) >= 11 is 0. The average Bonchev–Trinajstić information content (AvgIpc) is 3.43. The van der Waals surface area contributed by atoms with E-state index < -0.39 is 47.9 Å². The van der Waals surface area contributed by atoms with E-state index in [0.717, 1.165) is 22.0 Å². The van der Waals surface area contributed by atoms with Crippen molar-refractivity contribution in [2.24, 2.45) is 28.1 Å². The predicted octanol–water partition coefficient (Wildman–Crippen LogP) is 0.919. The van der Waals surface area contributed by atoms with E-state index in [1.54, 1.807) is 30.5 Å². The van der Waals surface area contributed by atoms with Crippen LogP contribution in [0.15, 0.2) is 65.8 Å². The van der Waals surface area contributed by atoms with Crippen LogP contribution in [0.1, 0.15) is 44.2 Å². The fourth-order valence-corrected chi connectivity index (χ4v) is 4.88. The van der Waals surface area contributed by atoms with Crippen molar-refractivity contribution in [1.82, 2.24) is 20.9 Å². The Morgan fingerprint density at radius 2 is 1.49 bits per heavy atom. The topological polar surface area (TPSA) is 231 Å². The molecule has 242 valence electrons. The zero-order valence-electron chi connectivity index (χ0n) is 25.7. The largest absolute Gasteiger partial charge is 0.480 e. The van der Waals surface area contributed by atoms with Gasteiger partial charge in [0.05, 0.1) is 6.04 Å². The Morgan fingerprint density at radius 1 is 0.867 bits per heavy atom. The molecule has 0 radical (unpaired) electrons. The average molecular weight is 621 g/mol. The van der Waals surface area contributed by atoms with Gasteiger partial charge in [-0.25, -0.2) is 4.79 Å². The summed E-state index contributed by atoms with van der Waals surface area (Å²) in [5.41, 5.74) is 19.3. The van der Waals surface area contributed by atoms with Crippen molar-refractivity contribution >= 4 is 40.6 Å². The van der Waals surface area contributed by atoms with Crippen LogP contribution >= 0.6 is 0 Å². The van der Waals surface area contributed by atoms with Gasteiger partial charge in [-0.1, -0.05) is 68.8 Å². The molecule has 0 aliphatic rings. The number of nitrogens with zero attached hydrogens (tertiary/aromatic N) is 1. The molecule has 5 unspecified atom stereocenters. The van der Waals surface area contributed by atoms with Gasteiger partial charge in [-0.3, -0.25) is 19.4 Å². The van der Waals surface area contributed by atoms with Crippen molar-refractivity contribution in [2.75, 3.05) is 6.54 Å². The van der Waals surface area contributed by atoms with Gasteiger partial charge < -0.3 is 43.2 Å². The van der Waals surface area contributed by atoms with Crippen molar-refractivity contribution in [3.8, 4) is 0 Å². The zero-order chi connectivity index (χ0) is 32.9. The summed E-state index contributed by atoms with van der Waals surface area (Å²) in [6, 6.07) is 12.2. The van der Waals surface area contributed by atoms with Crippen LogP contribution in [-0.4, -0.2) is 70.5 Å². The molecule has 0 saturated carbocycles. The smallest absolute Gasteiger partial charge is 0.326 e. The van der Waals surface area contributed by atoms with Crippen molar-refractivity contribution in [3.63, 3.8) is 0 Å². The number of fused-ring (bicyclic) bond motifs is 1. The number of carbonyl (C=O) groups excluding carboxylic acids is 3. The molecule has 5 atom stereocenters. The van der Waals surface area contributed by atoms with E-state index in [1.165, 1.54) is 0 Å². The van der Waals surface area contributed by atoms with E-state index in [-0.39, 0.29) is 37.7 Å². The number of carbonyl (C=O) groups is 4. The number of benzene rings is 2. The minimum absolute atomic E-state index is 0.0219. The Kier molecular flexibility index (Phi) is 12.9. The number of aromatic nitrogens is 1. The quantitative estimate of drug-likeness (QED) is 0.0613. The van der Waals surface area contributed by atoms with E-state index in [2.05, 4.69) is 25.9 Å². The molecule has 0 bridgehead atoms. The lowest BCUT2D eigenvalue weighted by atomic mass is 9.98. The highest BCUT2D eigenvalue weighted by Gasteiger charge is 2.31. The molecule has 3 rings (SSSR count). The van der Waals surface area contributed by atoms with Crippen molar-refractivity contribution < 1.29 is 24.3 Å². The lowest BCUT2D eigenvalue weighted by molar-refractivity contribution is -0.142. The summed E-state index contributed by atoms with van der Waals surface area (Å²) < 4.78 is 0. The molecule has 3 amide bonds. The first-order chi connectivity index (χ1) is 21.5. The predicted molar refractivity (Wildman–Crippen MR) is 173 cm³/mol. The molecule has 1 heterocycles. The first-order valence-electron chi connectivity index (χ1n) is 15.0. The Bertz CT molecular complexity index is 1470. The number of guanidine groups is 1. The maximum Gasteiger partial charge on any atom is 0.326 e. The number of aromatic amines is 1. The Labute approximate surface area is 262 Å². The molecule has 0 aliphatic carbocycles. The second-order valence-electron chi connectivity index (χ2n) is 11.1. The number of aliphatic carboxylic acids is 1. The van der Waals surface area contributed by atoms with Crippen molar-refractivity contribution in [2.45, 2.75) is 70.1 Å². The molecule has 2 aromatic carbocycles. The number of para-hydroxylation sites is 1. The summed E-state index contributed by atoms with van der Waals surface area (Å²) in [6.07, 6.45) is 3.01. The number of aliphatic imine (C=N–C) groups is 1. The summed E-state index contributed by atoms with van der Waals surface area (Å²) in [7, 11) is 0. The summed E-state index contributed by atoms with van der Waals surface area (Å²) in [5.74, 6) is -3.25. The third-order valence-electron chi connectivity index (χ3n) is 7.77. The molecule has 13 nitrogen and oxygen atoms in total. The monoisotopic (exact) mass is 620 g/mol. The van der Waals surface area contributed by atoms with Gasteiger partial charge in [0.15, 0.2) is 5.96 Å². The number of hydrogen-bond acceptors (Lipinski definition) is 6. The lowest BCUT2D eigenvalue weighted by Gasteiger charge is -2.26.